The normalized spacial score (nSPS) is 22.0. The lowest BCUT2D eigenvalue weighted by Gasteiger charge is -2.22. The second kappa shape index (κ2) is 9.63. The van der Waals surface area contributed by atoms with E-state index >= 15 is 0 Å². The van der Waals surface area contributed by atoms with Gasteiger partial charge in [-0.3, -0.25) is 9.67 Å². The minimum Gasteiger partial charge on any atom is -0.356 e. The number of aryl methyl sites for hydroxylation is 1. The third kappa shape index (κ3) is 5.10. The van der Waals surface area contributed by atoms with Crippen molar-refractivity contribution >= 4 is 29.9 Å². The molecule has 0 amide bonds. The Morgan fingerprint density at radius 1 is 1.33 bits per heavy atom. The molecule has 0 aromatic carbocycles. The van der Waals surface area contributed by atoms with Gasteiger partial charge in [0.05, 0.1) is 6.20 Å². The van der Waals surface area contributed by atoms with Crippen LogP contribution < -0.4 is 5.32 Å². The molecule has 2 aliphatic rings. The van der Waals surface area contributed by atoms with Gasteiger partial charge in [0.1, 0.15) is 0 Å². The van der Waals surface area contributed by atoms with Crippen molar-refractivity contribution in [2.75, 3.05) is 26.7 Å². The Hall–Kier alpha value is -0.790. The molecule has 1 atom stereocenters. The lowest BCUT2D eigenvalue weighted by Crippen LogP contribution is -2.40. The Kier molecular flexibility index (Phi) is 7.84. The first-order chi connectivity index (χ1) is 11.3. The summed E-state index contributed by atoms with van der Waals surface area (Å²) in [7, 11) is 3.89. The smallest absolute Gasteiger partial charge is 0.193 e. The molecule has 1 aromatic rings. The number of likely N-dealkylation sites (tertiary alicyclic amines) is 1. The highest BCUT2D eigenvalue weighted by atomic mass is 127. The minimum atomic E-state index is 0. The second-order valence-electron chi connectivity index (χ2n) is 7.15. The summed E-state index contributed by atoms with van der Waals surface area (Å²) < 4.78 is 1.90. The first-order valence-corrected chi connectivity index (χ1v) is 9.20. The van der Waals surface area contributed by atoms with Gasteiger partial charge in [-0.15, -0.1) is 24.0 Å². The van der Waals surface area contributed by atoms with E-state index in [1.165, 1.54) is 50.5 Å². The molecule has 0 spiro atoms. The standard InChI is InChI=1S/C18H31N5.HI/c1-19-18(20-10-5-8-15-6-3-4-7-15)23-11-9-16(14-23)17-12-21-22(2)13-17;/h12-13,15-16H,3-11,14H2,1-2H3,(H,19,20);1H. The molecule has 24 heavy (non-hydrogen) atoms. The lowest BCUT2D eigenvalue weighted by atomic mass is 10.0. The van der Waals surface area contributed by atoms with E-state index in [4.69, 9.17) is 0 Å². The summed E-state index contributed by atoms with van der Waals surface area (Å²) in [6.07, 6.45) is 13.8. The predicted molar refractivity (Wildman–Crippen MR) is 110 cm³/mol. The molecule has 1 aromatic heterocycles. The average Bonchev–Trinajstić information content (AvgIpc) is 3.28. The minimum absolute atomic E-state index is 0. The van der Waals surface area contributed by atoms with Crippen LogP contribution in [0.2, 0.25) is 0 Å². The van der Waals surface area contributed by atoms with Crippen LogP contribution in [0, 0.1) is 5.92 Å². The van der Waals surface area contributed by atoms with Crippen LogP contribution in [-0.4, -0.2) is 47.3 Å². The molecular weight excluding hydrogens is 413 g/mol. The van der Waals surface area contributed by atoms with E-state index in [9.17, 15) is 0 Å². The van der Waals surface area contributed by atoms with Crippen LogP contribution in [-0.2, 0) is 7.05 Å². The van der Waals surface area contributed by atoms with Gasteiger partial charge in [-0.1, -0.05) is 25.7 Å². The highest BCUT2D eigenvalue weighted by Gasteiger charge is 2.26. The van der Waals surface area contributed by atoms with Crippen LogP contribution in [0.25, 0.3) is 0 Å². The van der Waals surface area contributed by atoms with Gasteiger partial charge in [-0.25, -0.2) is 0 Å². The Labute approximate surface area is 163 Å². The van der Waals surface area contributed by atoms with Crippen LogP contribution in [0.3, 0.4) is 0 Å². The first-order valence-electron chi connectivity index (χ1n) is 9.20. The maximum atomic E-state index is 4.48. The number of halogens is 1. The van der Waals surface area contributed by atoms with Gasteiger partial charge < -0.3 is 10.2 Å². The molecule has 0 radical (unpaired) electrons. The molecule has 6 heteroatoms. The Morgan fingerprint density at radius 2 is 2.12 bits per heavy atom. The quantitative estimate of drug-likeness (QED) is 0.327. The third-order valence-electron chi connectivity index (χ3n) is 5.44. The van der Waals surface area contributed by atoms with Gasteiger partial charge in [0.25, 0.3) is 0 Å². The molecule has 1 aliphatic carbocycles. The van der Waals surface area contributed by atoms with Crippen LogP contribution in [0.4, 0.5) is 0 Å². The van der Waals surface area contributed by atoms with Gasteiger partial charge >= 0.3 is 0 Å². The number of hydrogen-bond donors (Lipinski definition) is 1. The van der Waals surface area contributed by atoms with Crippen molar-refractivity contribution in [3.05, 3.63) is 18.0 Å². The third-order valence-corrected chi connectivity index (χ3v) is 5.44. The molecule has 1 saturated carbocycles. The summed E-state index contributed by atoms with van der Waals surface area (Å²) in [5, 5.41) is 7.87. The van der Waals surface area contributed by atoms with Gasteiger partial charge in [0.2, 0.25) is 0 Å². The lowest BCUT2D eigenvalue weighted by molar-refractivity contribution is 0.461. The van der Waals surface area contributed by atoms with Crippen molar-refractivity contribution in [3.8, 4) is 0 Å². The SMILES string of the molecule is CN=C(NCCCC1CCCC1)N1CCC(c2cnn(C)c2)C1.I. The van der Waals surface area contributed by atoms with Crippen LogP contribution in [0.15, 0.2) is 17.4 Å². The molecule has 1 saturated heterocycles. The first kappa shape index (κ1) is 19.5. The fraction of sp³-hybridized carbons (Fsp3) is 0.778. The topological polar surface area (TPSA) is 45.5 Å². The van der Waals surface area contributed by atoms with Gasteiger partial charge in [0, 0.05) is 45.8 Å². The number of nitrogens with one attached hydrogen (secondary N) is 1. The molecule has 1 unspecified atom stereocenters. The maximum Gasteiger partial charge on any atom is 0.193 e. The molecular formula is C18H32IN5. The van der Waals surface area contributed by atoms with E-state index in [0.717, 1.165) is 31.5 Å². The zero-order valence-corrected chi connectivity index (χ0v) is 17.4. The van der Waals surface area contributed by atoms with E-state index in [-0.39, 0.29) is 24.0 Å². The summed E-state index contributed by atoms with van der Waals surface area (Å²) in [5.74, 6) is 2.64. The van der Waals surface area contributed by atoms with E-state index in [1.807, 2.05) is 25.0 Å². The van der Waals surface area contributed by atoms with Gasteiger partial charge in [-0.05, 0) is 30.7 Å². The summed E-state index contributed by atoms with van der Waals surface area (Å²) in [5.41, 5.74) is 1.35. The molecule has 136 valence electrons. The predicted octanol–water partition coefficient (Wildman–Crippen LogP) is 3.37. The highest BCUT2D eigenvalue weighted by molar-refractivity contribution is 14.0. The molecule has 1 N–H and O–H groups in total. The highest BCUT2D eigenvalue weighted by Crippen LogP contribution is 2.28. The van der Waals surface area contributed by atoms with Crippen molar-refractivity contribution in [1.82, 2.24) is 20.0 Å². The zero-order chi connectivity index (χ0) is 16.1. The van der Waals surface area contributed by atoms with Crippen molar-refractivity contribution in [2.45, 2.75) is 50.9 Å². The average molecular weight is 445 g/mol. The zero-order valence-electron chi connectivity index (χ0n) is 15.1. The number of aliphatic imine (C=N–C) groups is 1. The Balaban J connectivity index is 0.00000208. The van der Waals surface area contributed by atoms with E-state index in [2.05, 4.69) is 26.5 Å². The largest absolute Gasteiger partial charge is 0.356 e. The van der Waals surface area contributed by atoms with Gasteiger partial charge in [0.15, 0.2) is 5.96 Å². The van der Waals surface area contributed by atoms with E-state index in [1.54, 1.807) is 0 Å². The Bertz CT molecular complexity index is 521. The molecule has 3 rings (SSSR count). The Morgan fingerprint density at radius 3 is 2.79 bits per heavy atom. The number of hydrogen-bond acceptors (Lipinski definition) is 2. The van der Waals surface area contributed by atoms with Gasteiger partial charge in [-0.2, -0.15) is 5.10 Å². The van der Waals surface area contributed by atoms with Crippen molar-refractivity contribution in [2.24, 2.45) is 18.0 Å². The monoisotopic (exact) mass is 445 g/mol. The second-order valence-corrected chi connectivity index (χ2v) is 7.15. The molecule has 2 fully saturated rings. The fourth-order valence-electron chi connectivity index (χ4n) is 4.10. The fourth-order valence-corrected chi connectivity index (χ4v) is 4.10. The summed E-state index contributed by atoms with van der Waals surface area (Å²) in [4.78, 5) is 6.88. The number of aromatic nitrogens is 2. The molecule has 1 aliphatic heterocycles. The molecule has 2 heterocycles. The van der Waals surface area contributed by atoms with Crippen LogP contribution in [0.1, 0.15) is 56.4 Å². The van der Waals surface area contributed by atoms with E-state index in [0.29, 0.717) is 5.92 Å². The molecule has 0 bridgehead atoms. The summed E-state index contributed by atoms with van der Waals surface area (Å²) >= 11 is 0. The number of rotatable bonds is 5. The van der Waals surface area contributed by atoms with Crippen molar-refractivity contribution in [1.29, 1.82) is 0 Å². The van der Waals surface area contributed by atoms with Crippen molar-refractivity contribution in [3.63, 3.8) is 0 Å². The number of guanidine groups is 1. The molecule has 5 nitrogen and oxygen atoms in total. The van der Waals surface area contributed by atoms with E-state index < -0.39 is 0 Å². The maximum absolute atomic E-state index is 4.48. The number of nitrogens with zero attached hydrogens (tertiary/aromatic N) is 4. The van der Waals surface area contributed by atoms with Crippen LogP contribution >= 0.6 is 24.0 Å². The summed E-state index contributed by atoms with van der Waals surface area (Å²) in [6.45, 7) is 3.19. The van der Waals surface area contributed by atoms with Crippen LogP contribution in [0.5, 0.6) is 0 Å². The summed E-state index contributed by atoms with van der Waals surface area (Å²) in [6, 6.07) is 0. The van der Waals surface area contributed by atoms with Crippen molar-refractivity contribution < 1.29 is 0 Å².